The molecule has 2 aromatic rings. The maximum Gasteiger partial charge on any atom is 0.251 e. The Bertz CT molecular complexity index is 667. The standard InChI is InChI=1S/C17H17ClN2O/c1-11(12-4-6-16(18)7-5-12)20-17(21)13-2-3-14-9-19-10-15(14)8-13/h2-8,11,19H,9-10H2,1H3,(H,20,21)/t11-/m0/s1. The lowest BCUT2D eigenvalue weighted by molar-refractivity contribution is 0.0940. The molecule has 0 radical (unpaired) electrons. The molecular formula is C17H17ClN2O. The fourth-order valence-corrected chi connectivity index (χ4v) is 2.68. The van der Waals surface area contributed by atoms with Crippen molar-refractivity contribution < 1.29 is 4.79 Å². The number of hydrogen-bond acceptors (Lipinski definition) is 2. The van der Waals surface area contributed by atoms with Gasteiger partial charge in [-0.15, -0.1) is 0 Å². The van der Waals surface area contributed by atoms with Crippen LogP contribution in [-0.2, 0) is 13.1 Å². The number of hydrogen-bond donors (Lipinski definition) is 2. The van der Waals surface area contributed by atoms with Gasteiger partial charge in [0.15, 0.2) is 0 Å². The van der Waals surface area contributed by atoms with Gasteiger partial charge in [-0.2, -0.15) is 0 Å². The summed E-state index contributed by atoms with van der Waals surface area (Å²) in [7, 11) is 0. The second kappa shape index (κ2) is 5.88. The second-order valence-corrected chi connectivity index (χ2v) is 5.77. The molecule has 3 nitrogen and oxygen atoms in total. The van der Waals surface area contributed by atoms with Gasteiger partial charge in [-0.1, -0.05) is 29.8 Å². The molecule has 0 spiro atoms. The van der Waals surface area contributed by atoms with Crippen molar-refractivity contribution in [3.63, 3.8) is 0 Å². The summed E-state index contributed by atoms with van der Waals surface area (Å²) in [6.45, 7) is 3.69. The van der Waals surface area contributed by atoms with E-state index >= 15 is 0 Å². The van der Waals surface area contributed by atoms with Crippen molar-refractivity contribution in [2.75, 3.05) is 0 Å². The quantitative estimate of drug-likeness (QED) is 0.912. The average Bonchev–Trinajstić information content (AvgIpc) is 2.95. The van der Waals surface area contributed by atoms with Crippen molar-refractivity contribution >= 4 is 17.5 Å². The normalized spacial score (nSPS) is 14.6. The minimum atomic E-state index is -0.0545. The molecule has 0 saturated heterocycles. The van der Waals surface area contributed by atoms with Crippen molar-refractivity contribution in [3.05, 3.63) is 69.7 Å². The van der Waals surface area contributed by atoms with Gasteiger partial charge in [-0.3, -0.25) is 4.79 Å². The number of halogens is 1. The molecule has 0 saturated carbocycles. The van der Waals surface area contributed by atoms with Crippen molar-refractivity contribution in [3.8, 4) is 0 Å². The Balaban J connectivity index is 1.72. The van der Waals surface area contributed by atoms with Gasteiger partial charge >= 0.3 is 0 Å². The molecule has 0 aliphatic carbocycles. The van der Waals surface area contributed by atoms with E-state index in [2.05, 4.69) is 10.6 Å². The Morgan fingerprint density at radius 3 is 2.62 bits per heavy atom. The molecule has 0 fully saturated rings. The number of fused-ring (bicyclic) bond motifs is 1. The lowest BCUT2D eigenvalue weighted by Crippen LogP contribution is -2.26. The maximum absolute atomic E-state index is 12.3. The SMILES string of the molecule is C[C@H](NC(=O)c1ccc2c(c1)CNC2)c1ccc(Cl)cc1. The molecule has 21 heavy (non-hydrogen) atoms. The van der Waals surface area contributed by atoms with Crippen LogP contribution in [0.5, 0.6) is 0 Å². The monoisotopic (exact) mass is 300 g/mol. The van der Waals surface area contributed by atoms with Crippen LogP contribution >= 0.6 is 11.6 Å². The molecule has 1 heterocycles. The third-order valence-electron chi connectivity index (χ3n) is 3.82. The Labute approximate surface area is 129 Å². The summed E-state index contributed by atoms with van der Waals surface area (Å²) in [5.41, 5.74) is 4.23. The number of carbonyl (C=O) groups is 1. The Morgan fingerprint density at radius 2 is 1.86 bits per heavy atom. The molecule has 4 heteroatoms. The first-order valence-electron chi connectivity index (χ1n) is 7.02. The van der Waals surface area contributed by atoms with Crippen LogP contribution < -0.4 is 10.6 Å². The number of benzene rings is 2. The maximum atomic E-state index is 12.3. The molecule has 1 aliphatic heterocycles. The van der Waals surface area contributed by atoms with Crippen molar-refractivity contribution in [2.24, 2.45) is 0 Å². The van der Waals surface area contributed by atoms with E-state index in [1.54, 1.807) is 0 Å². The van der Waals surface area contributed by atoms with Crippen molar-refractivity contribution in [1.29, 1.82) is 0 Å². The zero-order valence-electron chi connectivity index (χ0n) is 11.8. The highest BCUT2D eigenvalue weighted by Gasteiger charge is 2.15. The topological polar surface area (TPSA) is 41.1 Å². The predicted octanol–water partition coefficient (Wildman–Crippen LogP) is 3.43. The van der Waals surface area contributed by atoms with Gasteiger partial charge in [0, 0.05) is 23.7 Å². The van der Waals surface area contributed by atoms with E-state index in [9.17, 15) is 4.79 Å². The van der Waals surface area contributed by atoms with Crippen molar-refractivity contribution in [1.82, 2.24) is 10.6 Å². The Kier molecular flexibility index (Phi) is 3.95. The molecular weight excluding hydrogens is 284 g/mol. The third kappa shape index (κ3) is 3.09. The number of rotatable bonds is 3. The molecule has 3 rings (SSSR count). The predicted molar refractivity (Wildman–Crippen MR) is 84.3 cm³/mol. The highest BCUT2D eigenvalue weighted by atomic mass is 35.5. The van der Waals surface area contributed by atoms with E-state index < -0.39 is 0 Å². The molecule has 0 aromatic heterocycles. The summed E-state index contributed by atoms with van der Waals surface area (Å²) in [5.74, 6) is -0.0489. The van der Waals surface area contributed by atoms with E-state index in [0.717, 1.165) is 18.7 Å². The van der Waals surface area contributed by atoms with E-state index in [1.807, 2.05) is 49.4 Å². The number of carbonyl (C=O) groups excluding carboxylic acids is 1. The van der Waals surface area contributed by atoms with Gasteiger partial charge in [0.1, 0.15) is 0 Å². The summed E-state index contributed by atoms with van der Waals surface area (Å²) in [6, 6.07) is 13.4. The molecule has 2 N–H and O–H groups in total. The largest absolute Gasteiger partial charge is 0.346 e. The Hall–Kier alpha value is -1.84. The fourth-order valence-electron chi connectivity index (χ4n) is 2.55. The highest BCUT2D eigenvalue weighted by Crippen LogP contribution is 2.19. The zero-order chi connectivity index (χ0) is 14.8. The molecule has 1 amide bonds. The van der Waals surface area contributed by atoms with Crippen LogP contribution in [0.1, 0.15) is 40.0 Å². The summed E-state index contributed by atoms with van der Waals surface area (Å²) < 4.78 is 0. The van der Waals surface area contributed by atoms with Crippen LogP contribution in [0.2, 0.25) is 5.02 Å². The second-order valence-electron chi connectivity index (χ2n) is 5.33. The first-order valence-corrected chi connectivity index (χ1v) is 7.40. The zero-order valence-corrected chi connectivity index (χ0v) is 12.6. The van der Waals surface area contributed by atoms with Crippen LogP contribution in [0.4, 0.5) is 0 Å². The Morgan fingerprint density at radius 1 is 1.14 bits per heavy atom. The number of nitrogens with one attached hydrogen (secondary N) is 2. The van der Waals surface area contributed by atoms with Crippen LogP contribution in [-0.4, -0.2) is 5.91 Å². The van der Waals surface area contributed by atoms with Gasteiger partial charge in [0.2, 0.25) is 0 Å². The molecule has 2 aromatic carbocycles. The van der Waals surface area contributed by atoms with Gasteiger partial charge in [0.05, 0.1) is 6.04 Å². The van der Waals surface area contributed by atoms with Crippen LogP contribution in [0, 0.1) is 0 Å². The van der Waals surface area contributed by atoms with Gasteiger partial charge in [-0.25, -0.2) is 0 Å². The average molecular weight is 301 g/mol. The molecule has 0 unspecified atom stereocenters. The molecule has 1 atom stereocenters. The van der Waals surface area contributed by atoms with E-state index in [4.69, 9.17) is 11.6 Å². The lowest BCUT2D eigenvalue weighted by atomic mass is 10.0. The fraction of sp³-hybridized carbons (Fsp3) is 0.235. The van der Waals surface area contributed by atoms with E-state index in [-0.39, 0.29) is 11.9 Å². The first-order chi connectivity index (χ1) is 10.1. The van der Waals surface area contributed by atoms with E-state index in [0.29, 0.717) is 10.6 Å². The first kappa shape index (κ1) is 14.1. The smallest absolute Gasteiger partial charge is 0.251 e. The summed E-state index contributed by atoms with van der Waals surface area (Å²) >= 11 is 5.88. The molecule has 1 aliphatic rings. The minimum absolute atomic E-state index is 0.0489. The van der Waals surface area contributed by atoms with Crippen LogP contribution in [0.3, 0.4) is 0 Å². The van der Waals surface area contributed by atoms with Crippen LogP contribution in [0.15, 0.2) is 42.5 Å². The van der Waals surface area contributed by atoms with Gasteiger partial charge in [0.25, 0.3) is 5.91 Å². The van der Waals surface area contributed by atoms with Gasteiger partial charge < -0.3 is 10.6 Å². The van der Waals surface area contributed by atoms with Gasteiger partial charge in [-0.05, 0) is 47.9 Å². The molecule has 108 valence electrons. The van der Waals surface area contributed by atoms with Crippen molar-refractivity contribution in [2.45, 2.75) is 26.1 Å². The highest BCUT2D eigenvalue weighted by molar-refractivity contribution is 6.30. The lowest BCUT2D eigenvalue weighted by Gasteiger charge is -2.15. The van der Waals surface area contributed by atoms with Crippen LogP contribution in [0.25, 0.3) is 0 Å². The summed E-state index contributed by atoms with van der Waals surface area (Å²) in [5, 5.41) is 7.00. The summed E-state index contributed by atoms with van der Waals surface area (Å²) in [4.78, 5) is 12.3. The van der Waals surface area contributed by atoms with E-state index in [1.165, 1.54) is 11.1 Å². The minimum Gasteiger partial charge on any atom is -0.346 e. The third-order valence-corrected chi connectivity index (χ3v) is 4.07. The summed E-state index contributed by atoms with van der Waals surface area (Å²) in [6.07, 6.45) is 0. The number of amides is 1. The molecule has 0 bridgehead atoms.